The molecule has 0 unspecified atom stereocenters. The number of rotatable bonds is 6. The van der Waals surface area contributed by atoms with Crippen LogP contribution in [0.5, 0.6) is 0 Å². The van der Waals surface area contributed by atoms with Gasteiger partial charge in [-0.05, 0) is 43.3 Å². The molecule has 2 aromatic rings. The third-order valence-electron chi connectivity index (χ3n) is 3.34. The van der Waals surface area contributed by atoms with E-state index in [0.717, 1.165) is 0 Å². The first-order valence-electron chi connectivity index (χ1n) is 7.82. The maximum atomic E-state index is 13.1. The van der Waals surface area contributed by atoms with E-state index in [2.05, 4.69) is 20.6 Å². The van der Waals surface area contributed by atoms with Gasteiger partial charge in [0.15, 0.2) is 5.69 Å². The van der Waals surface area contributed by atoms with E-state index < -0.39 is 17.4 Å². The third kappa shape index (κ3) is 6.81. The lowest BCUT2D eigenvalue weighted by molar-refractivity contribution is -0.141. The van der Waals surface area contributed by atoms with Crippen LogP contribution >= 0.6 is 11.8 Å². The quantitative estimate of drug-likeness (QED) is 0.448. The lowest BCUT2D eigenvalue weighted by atomic mass is 10.3. The molecule has 0 spiro atoms. The molecule has 0 aliphatic heterocycles. The fourth-order valence-electron chi connectivity index (χ4n) is 1.96. The smallest absolute Gasteiger partial charge is 0.352 e. The van der Waals surface area contributed by atoms with Crippen molar-refractivity contribution in [2.75, 3.05) is 10.6 Å². The van der Waals surface area contributed by atoms with Crippen molar-refractivity contribution in [3.63, 3.8) is 0 Å². The number of nitrogens with one attached hydrogen (secondary N) is 2. The molecule has 1 aromatic heterocycles. The maximum absolute atomic E-state index is 13.1. The highest BCUT2D eigenvalue weighted by Gasteiger charge is 2.34. The Kier molecular flexibility index (Phi) is 6.45. The van der Waals surface area contributed by atoms with Crippen molar-refractivity contribution in [2.45, 2.75) is 42.9 Å². The van der Waals surface area contributed by atoms with Crippen molar-refractivity contribution in [2.24, 2.45) is 0 Å². The van der Waals surface area contributed by atoms with Crippen molar-refractivity contribution >= 4 is 29.2 Å². The second kappa shape index (κ2) is 8.24. The molecule has 2 rings (SSSR count). The number of nitrogens with zero attached hydrogens (tertiary/aromatic N) is 2. The number of hydrogen-bond acceptors (Lipinski definition) is 5. The minimum absolute atomic E-state index is 0.101. The molecule has 4 nitrogen and oxygen atoms in total. The van der Waals surface area contributed by atoms with Gasteiger partial charge in [-0.2, -0.15) is 31.3 Å². The monoisotopic (exact) mass is 410 g/mol. The minimum atomic E-state index is -4.70. The lowest BCUT2D eigenvalue weighted by Gasteiger charge is -2.15. The van der Waals surface area contributed by atoms with E-state index >= 15 is 0 Å². The SMILES string of the molecule is CC[C@H](C)Nc1nc(Nc2cccc(SC(F)(F)F)c2)cc(C(F)(F)F)n1. The Balaban J connectivity index is 2.32. The Bertz CT molecular complexity index is 778. The number of halogens is 6. The highest BCUT2D eigenvalue weighted by Crippen LogP contribution is 2.38. The largest absolute Gasteiger partial charge is 0.446 e. The summed E-state index contributed by atoms with van der Waals surface area (Å²) < 4.78 is 76.7. The summed E-state index contributed by atoms with van der Waals surface area (Å²) in [5, 5.41) is 5.36. The fourth-order valence-corrected chi connectivity index (χ4v) is 2.56. The highest BCUT2D eigenvalue weighted by atomic mass is 32.2. The van der Waals surface area contributed by atoms with Gasteiger partial charge in [0.1, 0.15) is 5.82 Å². The van der Waals surface area contributed by atoms with Crippen molar-refractivity contribution < 1.29 is 26.3 Å². The van der Waals surface area contributed by atoms with Crippen LogP contribution in [0, 0.1) is 0 Å². The molecule has 0 aliphatic rings. The van der Waals surface area contributed by atoms with Gasteiger partial charge in [-0.1, -0.05) is 13.0 Å². The van der Waals surface area contributed by atoms with Gasteiger partial charge in [0.2, 0.25) is 5.95 Å². The van der Waals surface area contributed by atoms with Gasteiger partial charge >= 0.3 is 11.7 Å². The summed E-state index contributed by atoms with van der Waals surface area (Å²) in [4.78, 5) is 7.33. The van der Waals surface area contributed by atoms with Crippen LogP contribution in [-0.4, -0.2) is 21.5 Å². The molecule has 1 aromatic carbocycles. The molecule has 27 heavy (non-hydrogen) atoms. The molecule has 0 radical (unpaired) electrons. The molecule has 0 amide bonds. The Morgan fingerprint density at radius 2 is 1.78 bits per heavy atom. The molecule has 1 atom stereocenters. The van der Waals surface area contributed by atoms with Crippen molar-refractivity contribution in [1.29, 1.82) is 0 Å². The van der Waals surface area contributed by atoms with E-state index in [1.165, 1.54) is 24.3 Å². The average Bonchev–Trinajstić information content (AvgIpc) is 2.52. The summed E-state index contributed by atoms with van der Waals surface area (Å²) in [6, 6.07) is 5.76. The number of anilines is 3. The molecule has 11 heteroatoms. The van der Waals surface area contributed by atoms with Gasteiger partial charge in [0.05, 0.1) is 0 Å². The molecule has 0 saturated heterocycles. The number of hydrogen-bond donors (Lipinski definition) is 2. The zero-order chi connectivity index (χ0) is 20.2. The standard InChI is InChI=1S/C16H16F6N4S/c1-3-9(2)23-14-25-12(15(17,18)19)8-13(26-14)24-10-5-4-6-11(7-10)27-16(20,21)22/h4-9H,3H2,1-2H3,(H2,23,24,25,26)/t9-/m0/s1. The predicted molar refractivity (Wildman–Crippen MR) is 92.0 cm³/mol. The van der Waals surface area contributed by atoms with Crippen LogP contribution in [-0.2, 0) is 6.18 Å². The summed E-state index contributed by atoms with van der Waals surface area (Å²) in [5.41, 5.74) is -5.46. The lowest BCUT2D eigenvalue weighted by Crippen LogP contribution is -2.18. The Labute approximate surface area is 155 Å². The van der Waals surface area contributed by atoms with Crippen LogP contribution in [0.4, 0.5) is 43.8 Å². The van der Waals surface area contributed by atoms with E-state index in [4.69, 9.17) is 0 Å². The molecule has 2 N–H and O–H groups in total. The first-order chi connectivity index (χ1) is 12.5. The second-order valence-electron chi connectivity index (χ2n) is 5.61. The van der Waals surface area contributed by atoms with Gasteiger partial charge < -0.3 is 10.6 Å². The second-order valence-corrected chi connectivity index (χ2v) is 6.75. The zero-order valence-electron chi connectivity index (χ0n) is 14.2. The Morgan fingerprint density at radius 1 is 1.07 bits per heavy atom. The van der Waals surface area contributed by atoms with Gasteiger partial charge in [-0.3, -0.25) is 0 Å². The number of thioether (sulfide) groups is 1. The summed E-state index contributed by atoms with van der Waals surface area (Å²) >= 11 is -0.318. The maximum Gasteiger partial charge on any atom is 0.446 e. The van der Waals surface area contributed by atoms with E-state index in [9.17, 15) is 26.3 Å². The molecule has 0 fully saturated rings. The van der Waals surface area contributed by atoms with Gasteiger partial charge in [0, 0.05) is 22.7 Å². The fraction of sp³-hybridized carbons (Fsp3) is 0.375. The van der Waals surface area contributed by atoms with E-state index in [0.29, 0.717) is 12.5 Å². The van der Waals surface area contributed by atoms with Crippen LogP contribution < -0.4 is 10.6 Å². The third-order valence-corrected chi connectivity index (χ3v) is 4.07. The van der Waals surface area contributed by atoms with Crippen LogP contribution in [0.15, 0.2) is 35.2 Å². The summed E-state index contributed by atoms with van der Waals surface area (Å²) in [7, 11) is 0. The molecule has 148 valence electrons. The molecule has 1 heterocycles. The topological polar surface area (TPSA) is 49.8 Å². The number of aromatic nitrogens is 2. The predicted octanol–water partition coefficient (Wildman–Crippen LogP) is 6.06. The summed E-state index contributed by atoms with van der Waals surface area (Å²) in [6.07, 6.45) is -4.06. The Morgan fingerprint density at radius 3 is 2.37 bits per heavy atom. The molecule has 0 aliphatic carbocycles. The van der Waals surface area contributed by atoms with Gasteiger partial charge in [-0.25, -0.2) is 4.98 Å². The minimum Gasteiger partial charge on any atom is -0.352 e. The van der Waals surface area contributed by atoms with Gasteiger partial charge in [-0.15, -0.1) is 0 Å². The number of alkyl halides is 6. The van der Waals surface area contributed by atoms with Crippen LogP contribution in [0.2, 0.25) is 0 Å². The zero-order valence-corrected chi connectivity index (χ0v) is 15.1. The molecule has 0 saturated carbocycles. The van der Waals surface area contributed by atoms with Crippen molar-refractivity contribution in [3.8, 4) is 0 Å². The highest BCUT2D eigenvalue weighted by molar-refractivity contribution is 8.00. The van der Waals surface area contributed by atoms with Crippen molar-refractivity contribution in [1.82, 2.24) is 9.97 Å². The van der Waals surface area contributed by atoms with Crippen LogP contribution in [0.1, 0.15) is 26.0 Å². The first-order valence-corrected chi connectivity index (χ1v) is 8.63. The summed E-state index contributed by atoms with van der Waals surface area (Å²) in [5.74, 6) is -0.403. The number of benzene rings is 1. The van der Waals surface area contributed by atoms with E-state index in [1.54, 1.807) is 6.92 Å². The normalized spacial score (nSPS) is 13.3. The molecular weight excluding hydrogens is 394 g/mol. The molecule has 0 bridgehead atoms. The van der Waals surface area contributed by atoms with Gasteiger partial charge in [0.25, 0.3) is 0 Å². The van der Waals surface area contributed by atoms with Crippen molar-refractivity contribution in [3.05, 3.63) is 36.0 Å². The Hall–Kier alpha value is -2.17. The van der Waals surface area contributed by atoms with E-state index in [1.807, 2.05) is 6.92 Å². The first kappa shape index (κ1) is 21.1. The van der Waals surface area contributed by atoms with Crippen LogP contribution in [0.25, 0.3) is 0 Å². The summed E-state index contributed by atoms with van der Waals surface area (Å²) in [6.45, 7) is 3.60. The van der Waals surface area contributed by atoms with Crippen LogP contribution in [0.3, 0.4) is 0 Å². The van der Waals surface area contributed by atoms with E-state index in [-0.39, 0.29) is 40.2 Å². The average molecular weight is 410 g/mol. The molecular formula is C16H16F6N4S.